The van der Waals surface area contributed by atoms with Gasteiger partial charge in [-0.3, -0.25) is 0 Å². The van der Waals surface area contributed by atoms with Gasteiger partial charge in [0.2, 0.25) is 0 Å². The number of ether oxygens (including phenoxy) is 2. The predicted octanol–water partition coefficient (Wildman–Crippen LogP) is 0.280. The van der Waals surface area contributed by atoms with Gasteiger partial charge >= 0.3 is 200 Å². The van der Waals surface area contributed by atoms with Crippen LogP contribution in [-0.4, -0.2) is 46.9 Å². The molecule has 36 heavy (non-hydrogen) atoms. The first-order valence-corrected chi connectivity index (χ1v) is 15.0. The number of nitrogens with zero attached hydrogens (tertiary/aromatic N) is 5. The third-order valence-electron chi connectivity index (χ3n) is 4.51. The van der Waals surface area contributed by atoms with Crippen LogP contribution < -0.4 is 22.4 Å². The molecule has 2 rings (SSSR count). The van der Waals surface area contributed by atoms with Crippen molar-refractivity contribution in [2.24, 2.45) is 10.8 Å². The number of nitrogen functional groups attached to an aromatic ring is 1. The Hall–Kier alpha value is -2.58. The van der Waals surface area contributed by atoms with E-state index in [-0.39, 0.29) is 24.3 Å². The Morgan fingerprint density at radius 3 is 2.67 bits per heavy atom. The molecule has 0 aliphatic carbocycles. The molecule has 23 heteroatoms. The number of aromatic nitrogens is 2. The average Bonchev–Trinajstić information content (AvgIpc) is 3.24. The van der Waals surface area contributed by atoms with Crippen LogP contribution in [-0.2, 0) is 46.6 Å². The van der Waals surface area contributed by atoms with E-state index < -0.39 is 58.9 Å². The quantitative estimate of drug-likeness (QED) is 0.0576. The van der Waals surface area contributed by atoms with E-state index in [1.807, 2.05) is 0 Å². The molecule has 1 saturated heterocycles. The van der Waals surface area contributed by atoms with Crippen LogP contribution in [0.3, 0.4) is 0 Å². The van der Waals surface area contributed by atoms with Crippen LogP contribution in [0.5, 0.6) is 0 Å². The van der Waals surface area contributed by atoms with E-state index in [0.717, 1.165) is 4.57 Å². The fourth-order valence-electron chi connectivity index (χ4n) is 2.86. The summed E-state index contributed by atoms with van der Waals surface area (Å²) in [6.07, 6.45) is -2.77. The average molecular weight is 572 g/mol. The first-order valence-electron chi connectivity index (χ1n) is 9.23. The predicted molar refractivity (Wildman–Crippen MR) is 112 cm³/mol. The molecule has 3 unspecified atom stereocenters. The molecule has 1 fully saturated rings. The number of nitrogens with two attached hydrogens (primary N) is 2. The van der Waals surface area contributed by atoms with E-state index in [1.165, 1.54) is 6.20 Å². The summed E-state index contributed by atoms with van der Waals surface area (Å²) in [4.78, 5) is 18.5. The SMILES string of the molecule is [N-]=[N+]=NCOC1CC(n2cc(C#CCN)c(N)nc2=O)OC1COP(OO)(OO[O-])(P(=O)=O)P(=O)=O. The zero-order valence-electron chi connectivity index (χ0n) is 17.7. The number of anilines is 1. The topological polar surface area (TPSA) is 303 Å². The molecule has 1 aromatic rings. The standard InChI is InChI=1S/C13H18N7O13P3/c14-3-1-2-8-5-20(13(21)18-12(8)15)11-4-9(28-7-17-19-16)10(30-11)6-29-36(32-23,33-31-22,34(24)25)35(26)27/h5,9-11,22-23H,3-4,6-7,14H2,(H2,15,18,21)/p-1. The van der Waals surface area contributed by atoms with Crippen LogP contribution >= 0.6 is 21.4 Å². The summed E-state index contributed by atoms with van der Waals surface area (Å²) in [5, 5.41) is 25.7. The Kier molecular flexibility index (Phi) is 10.4. The van der Waals surface area contributed by atoms with Gasteiger partial charge in [-0.1, -0.05) is 0 Å². The molecule has 0 saturated carbocycles. The van der Waals surface area contributed by atoms with Crippen molar-refractivity contribution in [2.75, 3.05) is 25.6 Å². The summed E-state index contributed by atoms with van der Waals surface area (Å²) in [6.45, 7) is -8.34. The zero-order valence-corrected chi connectivity index (χ0v) is 20.4. The van der Waals surface area contributed by atoms with Crippen molar-refractivity contribution in [3.63, 3.8) is 0 Å². The van der Waals surface area contributed by atoms with Crippen LogP contribution in [0.15, 0.2) is 16.1 Å². The summed E-state index contributed by atoms with van der Waals surface area (Å²) in [6, 6.07) is 0. The number of rotatable bonds is 12. The maximum atomic E-state index is 12.4. The Morgan fingerprint density at radius 2 is 2.11 bits per heavy atom. The van der Waals surface area contributed by atoms with E-state index in [9.17, 15) is 28.3 Å². The van der Waals surface area contributed by atoms with Gasteiger partial charge in [-0.05, 0) is 0 Å². The number of azide groups is 1. The molecule has 2 heterocycles. The van der Waals surface area contributed by atoms with Gasteiger partial charge in [0.05, 0.1) is 0 Å². The van der Waals surface area contributed by atoms with E-state index in [4.69, 9.17) is 36.3 Å². The van der Waals surface area contributed by atoms with E-state index in [0.29, 0.717) is 0 Å². The van der Waals surface area contributed by atoms with Gasteiger partial charge in [0.25, 0.3) is 0 Å². The van der Waals surface area contributed by atoms with Gasteiger partial charge in [-0.25, -0.2) is 0 Å². The van der Waals surface area contributed by atoms with Gasteiger partial charge in [0.15, 0.2) is 0 Å². The second kappa shape index (κ2) is 12.6. The van der Waals surface area contributed by atoms with Crippen LogP contribution in [0.25, 0.3) is 10.4 Å². The maximum absolute atomic E-state index is 12.4. The molecule has 1 aromatic heterocycles. The molecular formula is C13H17N7O13P3-. The van der Waals surface area contributed by atoms with Gasteiger partial charge in [0, 0.05) is 0 Å². The van der Waals surface area contributed by atoms with Crippen molar-refractivity contribution in [1.29, 1.82) is 0 Å². The Morgan fingerprint density at radius 1 is 1.42 bits per heavy atom. The monoisotopic (exact) mass is 572 g/mol. The Labute approximate surface area is 200 Å². The first kappa shape index (κ1) is 29.6. The minimum absolute atomic E-state index is 0.0226. The van der Waals surface area contributed by atoms with Crippen molar-refractivity contribution >= 4 is 27.2 Å². The second-order valence-corrected chi connectivity index (χ2v) is 16.6. The van der Waals surface area contributed by atoms with Crippen LogP contribution in [0, 0.1) is 11.8 Å². The minimum atomic E-state index is -6.67. The van der Waals surface area contributed by atoms with Gasteiger partial charge in [-0.15, -0.1) is 0 Å². The third-order valence-corrected chi connectivity index (χ3v) is 14.2. The molecule has 20 nitrogen and oxygen atoms in total. The van der Waals surface area contributed by atoms with Crippen molar-refractivity contribution < 1.29 is 57.2 Å². The van der Waals surface area contributed by atoms with Crippen molar-refractivity contribution in [3.05, 3.63) is 32.7 Å². The second-order valence-electron chi connectivity index (χ2n) is 6.46. The first-order chi connectivity index (χ1) is 17.1. The summed E-state index contributed by atoms with van der Waals surface area (Å²) in [5.41, 5.74) is 18.7. The van der Waals surface area contributed by atoms with Crippen LogP contribution in [0.4, 0.5) is 5.82 Å². The molecule has 3 atom stereocenters. The molecule has 0 bridgehead atoms. The summed E-state index contributed by atoms with van der Waals surface area (Å²) in [5.74, 6) is 4.93. The van der Waals surface area contributed by atoms with Crippen molar-refractivity contribution in [3.8, 4) is 11.8 Å². The molecule has 5 N–H and O–H groups in total. The van der Waals surface area contributed by atoms with Gasteiger partial charge in [-0.2, -0.15) is 0 Å². The molecule has 0 spiro atoms. The summed E-state index contributed by atoms with van der Waals surface area (Å²) < 4.78 is 71.0. The Bertz CT molecular complexity index is 1240. The molecule has 0 radical (unpaired) electrons. The summed E-state index contributed by atoms with van der Waals surface area (Å²) >= 11 is 0. The molecule has 0 aromatic carbocycles. The van der Waals surface area contributed by atoms with Crippen molar-refractivity contribution in [2.45, 2.75) is 24.9 Å². The fourth-order valence-corrected chi connectivity index (χ4v) is 7.27. The molecule has 1 aliphatic heterocycles. The molecule has 0 amide bonds. The number of hydrogen-bond donors (Lipinski definition) is 3. The summed E-state index contributed by atoms with van der Waals surface area (Å²) in [7, 11) is -8.95. The van der Waals surface area contributed by atoms with E-state index >= 15 is 0 Å². The Balaban J connectivity index is 2.44. The number of hydrogen-bond acceptors (Lipinski definition) is 17. The fraction of sp³-hybridized carbons (Fsp3) is 0.538. The van der Waals surface area contributed by atoms with E-state index in [2.05, 4.69) is 41.2 Å². The molecular weight excluding hydrogens is 555 g/mol. The molecule has 1 aliphatic rings. The molecule has 198 valence electrons. The van der Waals surface area contributed by atoms with Gasteiger partial charge in [0.1, 0.15) is 0 Å². The third kappa shape index (κ3) is 5.86. The van der Waals surface area contributed by atoms with E-state index in [1.54, 1.807) is 0 Å². The normalized spacial score (nSPS) is 20.4. The zero-order chi connectivity index (χ0) is 27.0. The van der Waals surface area contributed by atoms with Gasteiger partial charge < -0.3 is 0 Å². The van der Waals surface area contributed by atoms with Crippen molar-refractivity contribution in [1.82, 2.24) is 9.55 Å². The van der Waals surface area contributed by atoms with Crippen LogP contribution in [0.1, 0.15) is 18.2 Å². The van der Waals surface area contributed by atoms with Crippen LogP contribution in [0.2, 0.25) is 0 Å².